The minimum atomic E-state index is -0.963. The van der Waals surface area contributed by atoms with Crippen LogP contribution in [0.1, 0.15) is 32.7 Å². The molecule has 0 aliphatic carbocycles. The van der Waals surface area contributed by atoms with E-state index in [2.05, 4.69) is 5.32 Å². The zero-order valence-corrected chi connectivity index (χ0v) is 14.3. The Kier molecular flexibility index (Phi) is 5.34. The van der Waals surface area contributed by atoms with Gasteiger partial charge in [0.05, 0.1) is 6.54 Å². The first-order valence-corrected chi connectivity index (χ1v) is 8.47. The van der Waals surface area contributed by atoms with Crippen LogP contribution in [0.5, 0.6) is 0 Å². The molecular formula is C19H18ClFN2O2. The molecule has 4 nitrogen and oxygen atoms in total. The summed E-state index contributed by atoms with van der Waals surface area (Å²) in [5.41, 5.74) is 1.72. The normalized spacial score (nSPS) is 16.7. The van der Waals surface area contributed by atoms with Crippen LogP contribution in [0.4, 0.5) is 4.39 Å². The highest BCUT2D eigenvalue weighted by atomic mass is 35.5. The molecule has 0 radical (unpaired) electrons. The van der Waals surface area contributed by atoms with E-state index in [0.717, 1.165) is 5.56 Å². The molecular weight excluding hydrogens is 343 g/mol. The van der Waals surface area contributed by atoms with E-state index in [0.29, 0.717) is 35.7 Å². The minimum absolute atomic E-state index is 0.117. The van der Waals surface area contributed by atoms with Gasteiger partial charge in [-0.15, -0.1) is 0 Å². The number of carbonyl (C=O) groups excluding carboxylic acids is 2. The molecule has 1 aliphatic rings. The molecule has 0 bridgehead atoms. The second kappa shape index (κ2) is 7.66. The number of benzene rings is 2. The van der Waals surface area contributed by atoms with Gasteiger partial charge in [-0.1, -0.05) is 29.8 Å². The van der Waals surface area contributed by atoms with Crippen molar-refractivity contribution in [2.45, 2.75) is 19.1 Å². The smallest absolute Gasteiger partial charge is 0.253 e. The van der Waals surface area contributed by atoms with E-state index in [4.69, 9.17) is 11.6 Å². The maximum Gasteiger partial charge on any atom is 0.253 e. The maximum absolute atomic E-state index is 13.3. The summed E-state index contributed by atoms with van der Waals surface area (Å²) in [4.78, 5) is 26.2. The molecule has 2 aromatic rings. The van der Waals surface area contributed by atoms with Gasteiger partial charge in [0.1, 0.15) is 6.17 Å². The summed E-state index contributed by atoms with van der Waals surface area (Å²) in [6.07, 6.45) is -0.595. The van der Waals surface area contributed by atoms with Gasteiger partial charge in [0.2, 0.25) is 0 Å². The number of rotatable bonds is 4. The Labute approximate surface area is 150 Å². The van der Waals surface area contributed by atoms with Crippen molar-refractivity contribution < 1.29 is 14.0 Å². The van der Waals surface area contributed by atoms with Crippen molar-refractivity contribution in [2.24, 2.45) is 0 Å². The Balaban J connectivity index is 1.65. The standard InChI is InChI=1S/C19H18ClFN2O2/c20-16-6-4-13(5-7-16)11-22-18(24)14-2-1-3-15(10-14)19(25)23-9-8-17(21)12-23/h1-7,10,17H,8-9,11-12H2,(H,22,24)/t17-/m1/s1. The molecule has 0 spiro atoms. The Morgan fingerprint density at radius 2 is 1.88 bits per heavy atom. The second-order valence-corrected chi connectivity index (χ2v) is 6.46. The number of nitrogens with one attached hydrogen (secondary N) is 1. The fourth-order valence-electron chi connectivity index (χ4n) is 2.76. The van der Waals surface area contributed by atoms with Crippen molar-refractivity contribution >= 4 is 23.4 Å². The Morgan fingerprint density at radius 1 is 1.16 bits per heavy atom. The summed E-state index contributed by atoms with van der Waals surface area (Å²) >= 11 is 5.83. The van der Waals surface area contributed by atoms with E-state index < -0.39 is 6.17 Å². The molecule has 1 fully saturated rings. The predicted molar refractivity (Wildman–Crippen MR) is 94.5 cm³/mol. The highest BCUT2D eigenvalue weighted by Crippen LogP contribution is 2.17. The fraction of sp³-hybridized carbons (Fsp3) is 0.263. The van der Waals surface area contributed by atoms with Crippen molar-refractivity contribution in [3.63, 3.8) is 0 Å². The summed E-state index contributed by atoms with van der Waals surface area (Å²) in [7, 11) is 0. The van der Waals surface area contributed by atoms with Crippen LogP contribution >= 0.6 is 11.6 Å². The lowest BCUT2D eigenvalue weighted by molar-refractivity contribution is 0.0783. The first kappa shape index (κ1) is 17.4. The Morgan fingerprint density at radius 3 is 2.56 bits per heavy atom. The lowest BCUT2D eigenvalue weighted by Crippen LogP contribution is -2.29. The maximum atomic E-state index is 13.3. The first-order chi connectivity index (χ1) is 12.0. The molecule has 3 rings (SSSR count). The molecule has 2 amide bonds. The highest BCUT2D eigenvalue weighted by molar-refractivity contribution is 6.30. The SMILES string of the molecule is O=C(NCc1ccc(Cl)cc1)c1cccc(C(=O)N2CC[C@@H](F)C2)c1. The van der Waals surface area contributed by atoms with Crippen LogP contribution in [0.2, 0.25) is 5.02 Å². The average molecular weight is 361 g/mol. The molecule has 1 heterocycles. The summed E-state index contributed by atoms with van der Waals surface area (Å²) in [6.45, 7) is 0.892. The zero-order chi connectivity index (χ0) is 17.8. The summed E-state index contributed by atoms with van der Waals surface area (Å²) in [5, 5.41) is 3.45. The molecule has 1 atom stereocenters. The van der Waals surface area contributed by atoms with Gasteiger partial charge in [0, 0.05) is 29.2 Å². The van der Waals surface area contributed by atoms with Crippen LogP contribution in [0, 0.1) is 0 Å². The van der Waals surface area contributed by atoms with E-state index in [1.807, 2.05) is 12.1 Å². The van der Waals surface area contributed by atoms with Crippen molar-refractivity contribution in [3.8, 4) is 0 Å². The predicted octanol–water partition coefficient (Wildman–Crippen LogP) is 3.45. The minimum Gasteiger partial charge on any atom is -0.348 e. The first-order valence-electron chi connectivity index (χ1n) is 8.09. The van der Waals surface area contributed by atoms with Crippen LogP contribution in [0.3, 0.4) is 0 Å². The van der Waals surface area contributed by atoms with Gasteiger partial charge in [-0.2, -0.15) is 0 Å². The summed E-state index contributed by atoms with van der Waals surface area (Å²) < 4.78 is 13.3. The van der Waals surface area contributed by atoms with Crippen LogP contribution in [-0.2, 0) is 6.54 Å². The monoisotopic (exact) mass is 360 g/mol. The average Bonchev–Trinajstić information content (AvgIpc) is 3.07. The van der Waals surface area contributed by atoms with Crippen molar-refractivity contribution in [2.75, 3.05) is 13.1 Å². The van der Waals surface area contributed by atoms with Gasteiger partial charge in [0.25, 0.3) is 11.8 Å². The molecule has 1 aliphatic heterocycles. The van der Waals surface area contributed by atoms with E-state index >= 15 is 0 Å². The Hall–Kier alpha value is -2.40. The number of alkyl halides is 1. The van der Waals surface area contributed by atoms with E-state index in [1.54, 1.807) is 36.4 Å². The number of nitrogens with zero attached hydrogens (tertiary/aromatic N) is 1. The lowest BCUT2D eigenvalue weighted by Gasteiger charge is -2.15. The van der Waals surface area contributed by atoms with E-state index in [1.165, 1.54) is 4.90 Å². The fourth-order valence-corrected chi connectivity index (χ4v) is 2.89. The molecule has 0 saturated carbocycles. The number of hydrogen-bond donors (Lipinski definition) is 1. The number of halogens is 2. The van der Waals surface area contributed by atoms with E-state index in [-0.39, 0.29) is 18.4 Å². The Bertz CT molecular complexity index is 779. The van der Waals surface area contributed by atoms with E-state index in [9.17, 15) is 14.0 Å². The quantitative estimate of drug-likeness (QED) is 0.907. The number of likely N-dealkylation sites (tertiary alicyclic amines) is 1. The van der Waals surface area contributed by atoms with Crippen molar-refractivity contribution in [1.82, 2.24) is 10.2 Å². The molecule has 2 aromatic carbocycles. The molecule has 0 aromatic heterocycles. The van der Waals surface area contributed by atoms with Crippen molar-refractivity contribution in [1.29, 1.82) is 0 Å². The highest BCUT2D eigenvalue weighted by Gasteiger charge is 2.26. The molecule has 1 saturated heterocycles. The van der Waals surface area contributed by atoms with Crippen LogP contribution in [0.25, 0.3) is 0 Å². The summed E-state index contributed by atoms with van der Waals surface area (Å²) in [5.74, 6) is -0.512. The number of hydrogen-bond acceptors (Lipinski definition) is 2. The van der Waals surface area contributed by atoms with Crippen LogP contribution < -0.4 is 5.32 Å². The molecule has 0 unspecified atom stereocenters. The van der Waals surface area contributed by atoms with Gasteiger partial charge in [0.15, 0.2) is 0 Å². The molecule has 25 heavy (non-hydrogen) atoms. The molecule has 6 heteroatoms. The zero-order valence-electron chi connectivity index (χ0n) is 13.5. The number of amides is 2. The van der Waals surface area contributed by atoms with Gasteiger partial charge in [-0.3, -0.25) is 9.59 Å². The van der Waals surface area contributed by atoms with Crippen LogP contribution in [-0.4, -0.2) is 36.0 Å². The third kappa shape index (κ3) is 4.37. The van der Waals surface area contributed by atoms with Gasteiger partial charge in [-0.05, 0) is 42.3 Å². The number of carbonyl (C=O) groups is 2. The second-order valence-electron chi connectivity index (χ2n) is 6.03. The third-order valence-corrected chi connectivity index (χ3v) is 4.41. The van der Waals surface area contributed by atoms with Crippen molar-refractivity contribution in [3.05, 3.63) is 70.2 Å². The summed E-state index contributed by atoms with van der Waals surface area (Å²) in [6, 6.07) is 13.7. The topological polar surface area (TPSA) is 49.4 Å². The molecule has 130 valence electrons. The molecule has 1 N–H and O–H groups in total. The van der Waals surface area contributed by atoms with Gasteiger partial charge < -0.3 is 10.2 Å². The van der Waals surface area contributed by atoms with Gasteiger partial charge >= 0.3 is 0 Å². The van der Waals surface area contributed by atoms with Crippen LogP contribution in [0.15, 0.2) is 48.5 Å². The largest absolute Gasteiger partial charge is 0.348 e. The van der Waals surface area contributed by atoms with Gasteiger partial charge in [-0.25, -0.2) is 4.39 Å². The lowest BCUT2D eigenvalue weighted by atomic mass is 10.1. The third-order valence-electron chi connectivity index (χ3n) is 4.16.